The van der Waals surface area contributed by atoms with Crippen molar-refractivity contribution in [3.8, 4) is 17.2 Å². The van der Waals surface area contributed by atoms with E-state index >= 15 is 0 Å². The maximum absolute atomic E-state index is 13.2. The lowest BCUT2D eigenvalue weighted by Crippen LogP contribution is -2.14. The Morgan fingerprint density at radius 3 is 2.62 bits per heavy atom. The second kappa shape index (κ2) is 8.12. The van der Waals surface area contributed by atoms with E-state index in [1.165, 1.54) is 30.2 Å². The summed E-state index contributed by atoms with van der Waals surface area (Å²) in [4.78, 5) is 24.0. The topological polar surface area (TPSA) is 94.5 Å². The molecule has 8 heteroatoms. The van der Waals surface area contributed by atoms with E-state index in [2.05, 4.69) is 20.3 Å². The number of benzene rings is 2. The lowest BCUT2D eigenvalue weighted by molar-refractivity contribution is -0.113. The van der Waals surface area contributed by atoms with E-state index in [0.717, 1.165) is 16.6 Å². The summed E-state index contributed by atoms with van der Waals surface area (Å²) in [6, 6.07) is 14.9. The van der Waals surface area contributed by atoms with Gasteiger partial charge in [-0.3, -0.25) is 4.79 Å². The number of H-pyrrole nitrogens is 1. The van der Waals surface area contributed by atoms with Gasteiger partial charge in [-0.15, -0.1) is 0 Å². The Hall–Kier alpha value is -3.70. The van der Waals surface area contributed by atoms with Gasteiger partial charge in [-0.25, -0.2) is 14.4 Å². The third-order valence-electron chi connectivity index (χ3n) is 4.22. The third-order valence-corrected chi connectivity index (χ3v) is 5.21. The van der Waals surface area contributed by atoms with E-state index in [1.807, 2.05) is 6.07 Å². The quantitative estimate of drug-likeness (QED) is 0.381. The normalized spacial score (nSPS) is 10.6. The van der Waals surface area contributed by atoms with Crippen molar-refractivity contribution >= 4 is 34.4 Å². The Morgan fingerprint density at radius 2 is 1.90 bits per heavy atom. The van der Waals surface area contributed by atoms with Crippen molar-refractivity contribution in [1.29, 1.82) is 5.26 Å². The largest absolute Gasteiger partial charge is 0.357 e. The van der Waals surface area contributed by atoms with Crippen LogP contribution in [0.3, 0.4) is 0 Å². The summed E-state index contributed by atoms with van der Waals surface area (Å²) < 4.78 is 13.2. The number of hydrogen-bond acceptors (Lipinski definition) is 5. The molecule has 29 heavy (non-hydrogen) atoms. The number of aromatic amines is 1. The number of thioether (sulfide) groups is 1. The van der Waals surface area contributed by atoms with Gasteiger partial charge in [0.2, 0.25) is 5.91 Å². The minimum Gasteiger partial charge on any atom is -0.357 e. The molecule has 0 spiro atoms. The van der Waals surface area contributed by atoms with Crippen molar-refractivity contribution in [3.63, 3.8) is 0 Å². The first-order chi connectivity index (χ1) is 14.1. The second-order valence-electron chi connectivity index (χ2n) is 6.14. The molecule has 0 aliphatic carbocycles. The maximum atomic E-state index is 13.2. The van der Waals surface area contributed by atoms with Crippen LogP contribution in [-0.4, -0.2) is 26.6 Å². The predicted molar refractivity (Wildman–Crippen MR) is 110 cm³/mol. The summed E-state index contributed by atoms with van der Waals surface area (Å²) in [5, 5.41) is 12.3. The molecule has 142 valence electrons. The maximum Gasteiger partial charge on any atom is 0.234 e. The molecular formula is C21H14FN5OS. The third kappa shape index (κ3) is 4.10. The average Bonchev–Trinajstić information content (AvgIpc) is 3.18. The summed E-state index contributed by atoms with van der Waals surface area (Å²) in [7, 11) is 0. The molecule has 0 saturated heterocycles. The van der Waals surface area contributed by atoms with Gasteiger partial charge in [0.15, 0.2) is 0 Å². The van der Waals surface area contributed by atoms with Crippen LogP contribution < -0.4 is 5.32 Å². The first-order valence-electron chi connectivity index (χ1n) is 8.65. The zero-order valence-electron chi connectivity index (χ0n) is 15.0. The van der Waals surface area contributed by atoms with Gasteiger partial charge in [0.25, 0.3) is 0 Å². The highest BCUT2D eigenvalue weighted by Gasteiger charge is 2.13. The molecular weight excluding hydrogens is 389 g/mol. The van der Waals surface area contributed by atoms with Crippen LogP contribution in [0.2, 0.25) is 0 Å². The summed E-state index contributed by atoms with van der Waals surface area (Å²) in [6.07, 6.45) is 3.25. The number of nitrogens with one attached hydrogen (secondary N) is 2. The van der Waals surface area contributed by atoms with Crippen molar-refractivity contribution in [2.24, 2.45) is 0 Å². The summed E-state index contributed by atoms with van der Waals surface area (Å²) in [6.45, 7) is 0. The fraction of sp³-hybridized carbons (Fsp3) is 0.0476. The fourth-order valence-corrected chi connectivity index (χ4v) is 3.60. The minimum atomic E-state index is -0.298. The number of carbonyl (C=O) groups is 1. The van der Waals surface area contributed by atoms with Crippen LogP contribution in [-0.2, 0) is 4.79 Å². The lowest BCUT2D eigenvalue weighted by atomic mass is 10.1. The van der Waals surface area contributed by atoms with Crippen LogP contribution in [0.4, 0.5) is 10.1 Å². The summed E-state index contributed by atoms with van der Waals surface area (Å²) >= 11 is 1.29. The molecule has 0 saturated carbocycles. The van der Waals surface area contributed by atoms with Gasteiger partial charge in [0.05, 0.1) is 22.9 Å². The van der Waals surface area contributed by atoms with Gasteiger partial charge in [0, 0.05) is 17.4 Å². The van der Waals surface area contributed by atoms with Crippen LogP contribution >= 0.6 is 11.8 Å². The van der Waals surface area contributed by atoms with Crippen LogP contribution in [0.5, 0.6) is 0 Å². The molecule has 2 heterocycles. The molecule has 0 aliphatic heterocycles. The number of hydrogen-bond donors (Lipinski definition) is 2. The first kappa shape index (κ1) is 18.7. The summed E-state index contributed by atoms with van der Waals surface area (Å²) in [5.41, 5.74) is 4.27. The van der Waals surface area contributed by atoms with Gasteiger partial charge < -0.3 is 10.3 Å². The lowest BCUT2D eigenvalue weighted by Gasteiger charge is -2.05. The van der Waals surface area contributed by atoms with E-state index < -0.39 is 0 Å². The molecule has 2 aromatic carbocycles. The molecule has 0 atom stereocenters. The molecule has 4 aromatic rings. The molecule has 2 N–H and O–H groups in total. The number of halogens is 1. The number of nitrogens with zero attached hydrogens (tertiary/aromatic N) is 3. The van der Waals surface area contributed by atoms with Gasteiger partial charge >= 0.3 is 0 Å². The first-order valence-corrected chi connectivity index (χ1v) is 9.63. The zero-order chi connectivity index (χ0) is 20.2. The zero-order valence-corrected chi connectivity index (χ0v) is 15.8. The van der Waals surface area contributed by atoms with E-state index in [-0.39, 0.29) is 17.5 Å². The van der Waals surface area contributed by atoms with Crippen molar-refractivity contribution in [2.75, 3.05) is 11.1 Å². The fourth-order valence-electron chi connectivity index (χ4n) is 2.83. The molecule has 0 bridgehead atoms. The Balaban J connectivity index is 1.49. The second-order valence-corrected chi connectivity index (χ2v) is 7.10. The van der Waals surface area contributed by atoms with E-state index in [0.29, 0.717) is 21.8 Å². The number of nitriles is 1. The summed E-state index contributed by atoms with van der Waals surface area (Å²) in [5.74, 6) is -0.318. The minimum absolute atomic E-state index is 0.164. The van der Waals surface area contributed by atoms with Crippen LogP contribution in [0, 0.1) is 17.1 Å². The van der Waals surface area contributed by atoms with Crippen molar-refractivity contribution in [2.45, 2.75) is 5.03 Å². The van der Waals surface area contributed by atoms with Gasteiger partial charge in [-0.1, -0.05) is 23.9 Å². The SMILES string of the molecule is N#Cc1ccc(NC(=O)CSc2ncnc3c(-c4ccc(F)cc4)c[nH]c23)cc1. The number of fused-ring (bicyclic) bond motifs is 1. The molecule has 0 fully saturated rings. The van der Waals surface area contributed by atoms with Crippen LogP contribution in [0.25, 0.3) is 22.2 Å². The average molecular weight is 403 g/mol. The Morgan fingerprint density at radius 1 is 1.14 bits per heavy atom. The predicted octanol–water partition coefficient (Wildman–Crippen LogP) is 4.37. The van der Waals surface area contributed by atoms with Gasteiger partial charge in [0.1, 0.15) is 22.7 Å². The highest BCUT2D eigenvalue weighted by Crippen LogP contribution is 2.31. The standard InChI is InChI=1S/C21H14FN5OS/c22-15-5-3-14(4-6-15)17-10-24-20-19(17)25-12-26-21(20)29-11-18(28)27-16-7-1-13(9-23)2-8-16/h1-8,10,12,24H,11H2,(H,27,28). The highest BCUT2D eigenvalue weighted by atomic mass is 32.2. The number of rotatable bonds is 5. The molecule has 2 aromatic heterocycles. The molecule has 0 unspecified atom stereocenters. The van der Waals surface area contributed by atoms with Crippen molar-refractivity contribution in [3.05, 3.63) is 72.4 Å². The molecule has 4 rings (SSSR count). The number of anilines is 1. The van der Waals surface area contributed by atoms with Crippen LogP contribution in [0.15, 0.2) is 66.1 Å². The number of amides is 1. The Kier molecular flexibility index (Phi) is 5.22. The Bertz CT molecular complexity index is 1210. The monoisotopic (exact) mass is 403 g/mol. The van der Waals surface area contributed by atoms with E-state index in [4.69, 9.17) is 5.26 Å². The molecule has 1 amide bonds. The molecule has 0 aliphatic rings. The van der Waals surface area contributed by atoms with Gasteiger partial charge in [-0.2, -0.15) is 5.26 Å². The van der Waals surface area contributed by atoms with E-state index in [9.17, 15) is 9.18 Å². The smallest absolute Gasteiger partial charge is 0.234 e. The van der Waals surface area contributed by atoms with Crippen molar-refractivity contribution in [1.82, 2.24) is 15.0 Å². The number of carbonyl (C=O) groups excluding carboxylic acids is 1. The molecule has 0 radical (unpaired) electrons. The van der Waals surface area contributed by atoms with E-state index in [1.54, 1.807) is 42.6 Å². The van der Waals surface area contributed by atoms with Crippen LogP contribution in [0.1, 0.15) is 5.56 Å². The van der Waals surface area contributed by atoms with Gasteiger partial charge in [-0.05, 0) is 42.0 Å². The molecule has 6 nitrogen and oxygen atoms in total. The Labute approximate surface area is 169 Å². The van der Waals surface area contributed by atoms with Crippen molar-refractivity contribution < 1.29 is 9.18 Å². The number of aromatic nitrogens is 3. The highest BCUT2D eigenvalue weighted by molar-refractivity contribution is 8.00.